The lowest BCUT2D eigenvalue weighted by Crippen LogP contribution is -2.04. The third kappa shape index (κ3) is 1.89. The first-order chi connectivity index (χ1) is 9.61. The van der Waals surface area contributed by atoms with Crippen LogP contribution in [-0.4, -0.2) is 19.9 Å². The van der Waals surface area contributed by atoms with Gasteiger partial charge in [0.15, 0.2) is 11.5 Å². The Morgan fingerprint density at radius 2 is 2.10 bits per heavy atom. The first kappa shape index (κ1) is 12.8. The number of thiophene rings is 1. The number of hydrogen-bond acceptors (Lipinski definition) is 6. The summed E-state index contributed by atoms with van der Waals surface area (Å²) in [4.78, 5) is 12.9. The zero-order chi connectivity index (χ0) is 14.3. The van der Waals surface area contributed by atoms with E-state index in [2.05, 4.69) is 0 Å². The van der Waals surface area contributed by atoms with Crippen LogP contribution in [0.15, 0.2) is 18.2 Å². The van der Waals surface area contributed by atoms with Gasteiger partial charge in [-0.25, -0.2) is 4.79 Å². The van der Waals surface area contributed by atoms with Crippen molar-refractivity contribution in [3.05, 3.63) is 28.6 Å². The maximum Gasteiger partial charge on any atom is 0.341 e. The Morgan fingerprint density at radius 1 is 1.35 bits per heavy atom. The van der Waals surface area contributed by atoms with E-state index in [1.807, 2.05) is 25.1 Å². The molecular formula is C14H13NO4S. The molecule has 0 fully saturated rings. The van der Waals surface area contributed by atoms with Crippen molar-refractivity contribution in [2.24, 2.45) is 0 Å². The summed E-state index contributed by atoms with van der Waals surface area (Å²) < 4.78 is 15.5. The number of carbonyl (C=O) groups is 1. The lowest BCUT2D eigenvalue weighted by molar-refractivity contribution is 0.0603. The number of ether oxygens (including phenoxy) is 3. The fourth-order valence-corrected chi connectivity index (χ4v) is 3.21. The molecule has 0 bridgehead atoms. The normalized spacial score (nSPS) is 12.5. The monoisotopic (exact) mass is 291 g/mol. The number of esters is 1. The SMILES string of the molecule is COC(=O)c1c(N)sc(C)c1-c1ccc2c(c1)OCO2. The van der Waals surface area contributed by atoms with Crippen molar-refractivity contribution < 1.29 is 19.0 Å². The molecule has 0 radical (unpaired) electrons. The predicted octanol–water partition coefficient (Wildman–Crippen LogP) is 2.82. The Labute approximate surface area is 119 Å². The van der Waals surface area contributed by atoms with E-state index in [4.69, 9.17) is 19.9 Å². The van der Waals surface area contributed by atoms with E-state index in [1.165, 1.54) is 18.4 Å². The Bertz CT molecular complexity index is 693. The molecule has 1 aliphatic rings. The topological polar surface area (TPSA) is 70.8 Å². The van der Waals surface area contributed by atoms with Crippen molar-refractivity contribution >= 4 is 22.3 Å². The number of methoxy groups -OCH3 is 1. The maximum atomic E-state index is 11.9. The third-order valence-electron chi connectivity index (χ3n) is 3.16. The predicted molar refractivity (Wildman–Crippen MR) is 76.4 cm³/mol. The van der Waals surface area contributed by atoms with Gasteiger partial charge in [-0.15, -0.1) is 11.3 Å². The van der Waals surface area contributed by atoms with Crippen LogP contribution in [0.1, 0.15) is 15.2 Å². The van der Waals surface area contributed by atoms with Gasteiger partial charge in [-0.2, -0.15) is 0 Å². The van der Waals surface area contributed by atoms with Crippen LogP contribution in [0.25, 0.3) is 11.1 Å². The van der Waals surface area contributed by atoms with Gasteiger partial charge in [0.25, 0.3) is 0 Å². The Kier molecular flexibility index (Phi) is 3.02. The third-order valence-corrected chi connectivity index (χ3v) is 4.10. The maximum absolute atomic E-state index is 11.9. The van der Waals surface area contributed by atoms with Crippen LogP contribution < -0.4 is 15.2 Å². The van der Waals surface area contributed by atoms with E-state index in [0.717, 1.165) is 16.0 Å². The fourth-order valence-electron chi connectivity index (χ4n) is 2.27. The molecule has 0 saturated heterocycles. The largest absolute Gasteiger partial charge is 0.465 e. The first-order valence-corrected chi connectivity index (χ1v) is 6.80. The average Bonchev–Trinajstić information content (AvgIpc) is 3.00. The van der Waals surface area contributed by atoms with Crippen LogP contribution in [0.3, 0.4) is 0 Å². The van der Waals surface area contributed by atoms with Crippen LogP contribution in [-0.2, 0) is 4.74 Å². The van der Waals surface area contributed by atoms with Crippen molar-refractivity contribution in [1.82, 2.24) is 0 Å². The molecule has 0 unspecified atom stereocenters. The summed E-state index contributed by atoms with van der Waals surface area (Å²) in [5.41, 5.74) is 7.99. The molecule has 2 heterocycles. The summed E-state index contributed by atoms with van der Waals surface area (Å²) in [7, 11) is 1.35. The second kappa shape index (κ2) is 4.72. The highest BCUT2D eigenvalue weighted by Crippen LogP contribution is 2.42. The van der Waals surface area contributed by atoms with Gasteiger partial charge in [0.1, 0.15) is 10.6 Å². The van der Waals surface area contributed by atoms with Crippen molar-refractivity contribution in [1.29, 1.82) is 0 Å². The van der Waals surface area contributed by atoms with Crippen LogP contribution in [0.5, 0.6) is 11.5 Å². The summed E-state index contributed by atoms with van der Waals surface area (Å²) in [5.74, 6) is 0.941. The number of hydrogen-bond donors (Lipinski definition) is 1. The molecule has 104 valence electrons. The molecule has 1 aromatic carbocycles. The molecule has 0 amide bonds. The molecule has 1 aliphatic heterocycles. The van der Waals surface area contributed by atoms with Crippen molar-refractivity contribution in [2.75, 3.05) is 19.6 Å². The van der Waals surface area contributed by atoms with E-state index in [0.29, 0.717) is 22.1 Å². The molecule has 3 rings (SSSR count). The summed E-state index contributed by atoms with van der Waals surface area (Å²) in [6, 6.07) is 5.56. The molecule has 0 spiro atoms. The number of fused-ring (bicyclic) bond motifs is 1. The molecule has 0 atom stereocenters. The first-order valence-electron chi connectivity index (χ1n) is 5.99. The van der Waals surface area contributed by atoms with Crippen molar-refractivity contribution in [3.63, 3.8) is 0 Å². The number of anilines is 1. The minimum atomic E-state index is -0.431. The van der Waals surface area contributed by atoms with Crippen molar-refractivity contribution in [2.45, 2.75) is 6.92 Å². The minimum Gasteiger partial charge on any atom is -0.465 e. The summed E-state index contributed by atoms with van der Waals surface area (Å²) in [6.07, 6.45) is 0. The second-order valence-corrected chi connectivity index (χ2v) is 5.59. The fraction of sp³-hybridized carbons (Fsp3) is 0.214. The van der Waals surface area contributed by atoms with Crippen LogP contribution in [0, 0.1) is 6.92 Å². The molecule has 2 aromatic rings. The quantitative estimate of drug-likeness (QED) is 0.861. The van der Waals surface area contributed by atoms with Gasteiger partial charge in [-0.05, 0) is 24.6 Å². The number of benzene rings is 1. The van der Waals surface area contributed by atoms with Crippen LogP contribution in [0.2, 0.25) is 0 Å². The summed E-state index contributed by atoms with van der Waals surface area (Å²) >= 11 is 1.37. The van der Waals surface area contributed by atoms with Gasteiger partial charge >= 0.3 is 5.97 Å². The number of rotatable bonds is 2. The summed E-state index contributed by atoms with van der Waals surface area (Å²) in [5, 5.41) is 0.460. The van der Waals surface area contributed by atoms with Crippen molar-refractivity contribution in [3.8, 4) is 22.6 Å². The smallest absolute Gasteiger partial charge is 0.341 e. The number of nitrogen functional groups attached to an aromatic ring is 1. The zero-order valence-corrected chi connectivity index (χ0v) is 11.9. The van der Waals surface area contributed by atoms with Gasteiger partial charge in [-0.3, -0.25) is 0 Å². The zero-order valence-electron chi connectivity index (χ0n) is 11.1. The minimum absolute atomic E-state index is 0.216. The van der Waals surface area contributed by atoms with Gasteiger partial charge in [0.2, 0.25) is 6.79 Å². The lowest BCUT2D eigenvalue weighted by Gasteiger charge is -2.06. The van der Waals surface area contributed by atoms with E-state index in [-0.39, 0.29) is 6.79 Å². The van der Waals surface area contributed by atoms with Crippen LogP contribution >= 0.6 is 11.3 Å². The Morgan fingerprint density at radius 3 is 2.85 bits per heavy atom. The van der Waals surface area contributed by atoms with Gasteiger partial charge in [0.05, 0.1) is 7.11 Å². The second-order valence-electron chi connectivity index (χ2n) is 4.33. The highest BCUT2D eigenvalue weighted by molar-refractivity contribution is 7.16. The molecule has 0 saturated carbocycles. The molecule has 20 heavy (non-hydrogen) atoms. The molecule has 2 N–H and O–H groups in total. The molecule has 1 aromatic heterocycles. The Hall–Kier alpha value is -2.21. The standard InChI is InChI=1S/C14H13NO4S/c1-7-11(12(13(15)20-7)14(16)17-2)8-3-4-9-10(5-8)19-6-18-9/h3-5H,6,15H2,1-2H3. The molecule has 6 heteroatoms. The van der Waals surface area contributed by atoms with Crippen LogP contribution in [0.4, 0.5) is 5.00 Å². The highest BCUT2D eigenvalue weighted by atomic mass is 32.1. The number of aryl methyl sites for hydroxylation is 1. The number of nitrogens with two attached hydrogens (primary N) is 1. The lowest BCUT2D eigenvalue weighted by atomic mass is 10.0. The summed E-state index contributed by atoms with van der Waals surface area (Å²) in [6.45, 7) is 2.14. The Balaban J connectivity index is 2.17. The van der Waals surface area contributed by atoms with Gasteiger partial charge in [-0.1, -0.05) is 6.07 Å². The van der Waals surface area contributed by atoms with E-state index < -0.39 is 5.97 Å². The number of carbonyl (C=O) groups excluding carboxylic acids is 1. The molecular weight excluding hydrogens is 278 g/mol. The highest BCUT2D eigenvalue weighted by Gasteiger charge is 2.24. The average molecular weight is 291 g/mol. The van der Waals surface area contributed by atoms with E-state index in [1.54, 1.807) is 0 Å². The molecule has 5 nitrogen and oxygen atoms in total. The van der Waals surface area contributed by atoms with Gasteiger partial charge in [0, 0.05) is 10.4 Å². The van der Waals surface area contributed by atoms with Gasteiger partial charge < -0.3 is 19.9 Å². The molecule has 0 aliphatic carbocycles. The van der Waals surface area contributed by atoms with E-state index in [9.17, 15) is 4.79 Å². The van der Waals surface area contributed by atoms with E-state index >= 15 is 0 Å².